The molecule has 2 amide bonds. The standard InChI is InChI=1S/C18H27N3O2/c1-13(20-12-18(2,3)17(23)19-4)14-7-9-15(10-8-14)21-11-5-6-16(21)22/h7-10,13,20H,5-6,11-12H2,1-4H3,(H,19,23)/t13-/m0/s1. The van der Waals surface area contributed by atoms with E-state index in [4.69, 9.17) is 0 Å². The fourth-order valence-corrected chi connectivity index (χ4v) is 2.81. The van der Waals surface area contributed by atoms with Gasteiger partial charge in [-0.05, 0) is 44.9 Å². The van der Waals surface area contributed by atoms with Crippen LogP contribution in [0, 0.1) is 5.41 Å². The first kappa shape index (κ1) is 17.5. The molecule has 0 radical (unpaired) electrons. The van der Waals surface area contributed by atoms with Crippen LogP contribution in [-0.4, -0.2) is 32.0 Å². The molecule has 5 nitrogen and oxygen atoms in total. The first-order chi connectivity index (χ1) is 10.8. The molecule has 1 aromatic rings. The van der Waals surface area contributed by atoms with E-state index >= 15 is 0 Å². The number of hydrogen-bond donors (Lipinski definition) is 2. The van der Waals surface area contributed by atoms with Crippen LogP contribution in [0.3, 0.4) is 0 Å². The first-order valence-corrected chi connectivity index (χ1v) is 8.21. The van der Waals surface area contributed by atoms with E-state index in [9.17, 15) is 9.59 Å². The Kier molecular flexibility index (Phi) is 5.42. The van der Waals surface area contributed by atoms with Gasteiger partial charge >= 0.3 is 0 Å². The molecule has 0 aromatic heterocycles. The normalized spacial score (nSPS) is 16.5. The fraction of sp³-hybridized carbons (Fsp3) is 0.556. The summed E-state index contributed by atoms with van der Waals surface area (Å²) in [5.41, 5.74) is 1.66. The van der Waals surface area contributed by atoms with Gasteiger partial charge in [-0.2, -0.15) is 0 Å². The SMILES string of the molecule is CNC(=O)C(C)(C)CN[C@@H](C)c1ccc(N2CCCC2=O)cc1. The summed E-state index contributed by atoms with van der Waals surface area (Å²) >= 11 is 0. The fourth-order valence-electron chi connectivity index (χ4n) is 2.81. The van der Waals surface area contributed by atoms with Crippen molar-refractivity contribution >= 4 is 17.5 Å². The Morgan fingerprint density at radius 3 is 2.48 bits per heavy atom. The molecule has 5 heteroatoms. The van der Waals surface area contributed by atoms with E-state index in [2.05, 4.69) is 17.6 Å². The van der Waals surface area contributed by atoms with Crippen LogP contribution in [0.4, 0.5) is 5.69 Å². The van der Waals surface area contributed by atoms with Crippen molar-refractivity contribution in [2.75, 3.05) is 25.0 Å². The van der Waals surface area contributed by atoms with Crippen LogP contribution in [0.2, 0.25) is 0 Å². The Hall–Kier alpha value is -1.88. The average Bonchev–Trinajstić information content (AvgIpc) is 2.98. The predicted molar refractivity (Wildman–Crippen MR) is 92.3 cm³/mol. The van der Waals surface area contributed by atoms with E-state index in [1.807, 2.05) is 43.0 Å². The highest BCUT2D eigenvalue weighted by Gasteiger charge is 2.27. The van der Waals surface area contributed by atoms with Crippen molar-refractivity contribution in [3.05, 3.63) is 29.8 Å². The summed E-state index contributed by atoms with van der Waals surface area (Å²) in [6.45, 7) is 7.34. The molecule has 1 aliphatic heterocycles. The van der Waals surface area contributed by atoms with Crippen LogP contribution < -0.4 is 15.5 Å². The molecule has 1 aromatic carbocycles. The van der Waals surface area contributed by atoms with E-state index in [1.165, 1.54) is 0 Å². The lowest BCUT2D eigenvalue weighted by Gasteiger charge is -2.26. The van der Waals surface area contributed by atoms with E-state index in [1.54, 1.807) is 7.05 Å². The van der Waals surface area contributed by atoms with Crippen LogP contribution in [0.15, 0.2) is 24.3 Å². The second kappa shape index (κ2) is 7.13. The summed E-state index contributed by atoms with van der Waals surface area (Å²) < 4.78 is 0. The summed E-state index contributed by atoms with van der Waals surface area (Å²) in [5, 5.41) is 6.11. The molecule has 1 heterocycles. The van der Waals surface area contributed by atoms with Crippen molar-refractivity contribution in [3.8, 4) is 0 Å². The van der Waals surface area contributed by atoms with Gasteiger partial charge in [0.2, 0.25) is 11.8 Å². The van der Waals surface area contributed by atoms with Crippen molar-refractivity contribution in [2.45, 2.75) is 39.7 Å². The number of carbonyl (C=O) groups is 2. The lowest BCUT2D eigenvalue weighted by Crippen LogP contribution is -2.42. The molecule has 2 rings (SSSR count). The second-order valence-electron chi connectivity index (χ2n) is 6.81. The molecule has 0 bridgehead atoms. The topological polar surface area (TPSA) is 61.4 Å². The van der Waals surface area contributed by atoms with Crippen molar-refractivity contribution in [1.82, 2.24) is 10.6 Å². The van der Waals surface area contributed by atoms with Crippen LogP contribution in [0.1, 0.15) is 45.2 Å². The van der Waals surface area contributed by atoms with Gasteiger partial charge in [0, 0.05) is 38.3 Å². The summed E-state index contributed by atoms with van der Waals surface area (Å²) in [6.07, 6.45) is 1.58. The molecule has 126 valence electrons. The molecule has 1 atom stereocenters. The van der Waals surface area contributed by atoms with Crippen LogP contribution in [0.25, 0.3) is 0 Å². The zero-order valence-corrected chi connectivity index (χ0v) is 14.5. The minimum absolute atomic E-state index is 0.0279. The Balaban J connectivity index is 1.96. The summed E-state index contributed by atoms with van der Waals surface area (Å²) in [7, 11) is 1.66. The van der Waals surface area contributed by atoms with E-state index in [0.29, 0.717) is 13.0 Å². The van der Waals surface area contributed by atoms with Crippen molar-refractivity contribution in [3.63, 3.8) is 0 Å². The number of carbonyl (C=O) groups excluding carboxylic acids is 2. The maximum atomic E-state index is 11.8. The third-order valence-electron chi connectivity index (χ3n) is 4.47. The van der Waals surface area contributed by atoms with Gasteiger partial charge in [-0.1, -0.05) is 12.1 Å². The third-order valence-corrected chi connectivity index (χ3v) is 4.47. The van der Waals surface area contributed by atoms with Crippen LogP contribution in [-0.2, 0) is 9.59 Å². The van der Waals surface area contributed by atoms with E-state index < -0.39 is 5.41 Å². The number of nitrogens with one attached hydrogen (secondary N) is 2. The lowest BCUT2D eigenvalue weighted by molar-refractivity contribution is -0.128. The maximum Gasteiger partial charge on any atom is 0.227 e. The van der Waals surface area contributed by atoms with Crippen LogP contribution in [0.5, 0.6) is 0 Å². The average molecular weight is 317 g/mol. The molecule has 1 aliphatic rings. The third kappa shape index (κ3) is 4.10. The van der Waals surface area contributed by atoms with Gasteiger partial charge in [0.15, 0.2) is 0 Å². The number of nitrogens with zero attached hydrogens (tertiary/aromatic N) is 1. The zero-order valence-electron chi connectivity index (χ0n) is 14.5. The van der Waals surface area contributed by atoms with Gasteiger partial charge in [0.1, 0.15) is 0 Å². The summed E-state index contributed by atoms with van der Waals surface area (Å²) in [6, 6.07) is 8.24. The van der Waals surface area contributed by atoms with Crippen molar-refractivity contribution < 1.29 is 9.59 Å². The van der Waals surface area contributed by atoms with Gasteiger partial charge in [-0.3, -0.25) is 9.59 Å². The molecular weight excluding hydrogens is 290 g/mol. The number of hydrogen-bond acceptors (Lipinski definition) is 3. The Labute approximate surface area is 138 Å². The molecule has 1 saturated heterocycles. The molecule has 0 aliphatic carbocycles. The highest BCUT2D eigenvalue weighted by molar-refractivity contribution is 5.95. The van der Waals surface area contributed by atoms with Gasteiger partial charge in [0.05, 0.1) is 5.41 Å². The predicted octanol–water partition coefficient (Wildman–Crippen LogP) is 2.24. The molecule has 0 unspecified atom stereocenters. The number of rotatable bonds is 6. The van der Waals surface area contributed by atoms with Gasteiger partial charge < -0.3 is 15.5 Å². The molecule has 1 fully saturated rings. The minimum atomic E-state index is -0.453. The highest BCUT2D eigenvalue weighted by atomic mass is 16.2. The number of anilines is 1. The van der Waals surface area contributed by atoms with Crippen LogP contribution >= 0.6 is 0 Å². The lowest BCUT2D eigenvalue weighted by atomic mass is 9.91. The molecule has 2 N–H and O–H groups in total. The van der Waals surface area contributed by atoms with Gasteiger partial charge in [0.25, 0.3) is 0 Å². The summed E-state index contributed by atoms with van der Waals surface area (Å²) in [4.78, 5) is 25.4. The van der Waals surface area contributed by atoms with Crippen molar-refractivity contribution in [2.24, 2.45) is 5.41 Å². The van der Waals surface area contributed by atoms with E-state index in [-0.39, 0.29) is 17.9 Å². The molecule has 0 saturated carbocycles. The quantitative estimate of drug-likeness (QED) is 0.846. The highest BCUT2D eigenvalue weighted by Crippen LogP contribution is 2.24. The molecule has 23 heavy (non-hydrogen) atoms. The largest absolute Gasteiger partial charge is 0.359 e. The Morgan fingerprint density at radius 1 is 1.30 bits per heavy atom. The minimum Gasteiger partial charge on any atom is -0.359 e. The van der Waals surface area contributed by atoms with Gasteiger partial charge in [-0.15, -0.1) is 0 Å². The maximum absolute atomic E-state index is 11.8. The Bertz CT molecular complexity index is 566. The smallest absolute Gasteiger partial charge is 0.227 e. The number of amides is 2. The van der Waals surface area contributed by atoms with Gasteiger partial charge in [-0.25, -0.2) is 0 Å². The first-order valence-electron chi connectivity index (χ1n) is 8.21. The Morgan fingerprint density at radius 2 is 1.96 bits per heavy atom. The van der Waals surface area contributed by atoms with E-state index in [0.717, 1.165) is 24.2 Å². The van der Waals surface area contributed by atoms with Crippen molar-refractivity contribution in [1.29, 1.82) is 0 Å². The second-order valence-corrected chi connectivity index (χ2v) is 6.81. The number of benzene rings is 1. The zero-order chi connectivity index (χ0) is 17.0. The summed E-state index contributed by atoms with van der Waals surface area (Å²) in [5.74, 6) is 0.233. The monoisotopic (exact) mass is 317 g/mol. The molecular formula is C18H27N3O2. The molecule has 0 spiro atoms.